The lowest BCUT2D eigenvalue weighted by Crippen LogP contribution is -2.50. The molecule has 7 nitrogen and oxygen atoms in total. The highest BCUT2D eigenvalue weighted by atomic mass is 19.1. The lowest BCUT2D eigenvalue weighted by atomic mass is 10.1. The number of fused-ring (bicyclic) bond motifs is 1. The Bertz CT molecular complexity index is 1230. The Morgan fingerprint density at radius 1 is 1.23 bits per heavy atom. The zero-order valence-corrected chi connectivity index (χ0v) is 15.8. The Morgan fingerprint density at radius 2 is 2.00 bits per heavy atom. The van der Waals surface area contributed by atoms with Gasteiger partial charge in [-0.2, -0.15) is 0 Å². The number of carboxylic acids is 1. The number of hydrogen-bond acceptors (Lipinski definition) is 5. The van der Waals surface area contributed by atoms with Crippen LogP contribution in [0.3, 0.4) is 0 Å². The zero-order valence-electron chi connectivity index (χ0n) is 15.8. The first-order chi connectivity index (χ1) is 14.3. The number of hydrogen-bond donors (Lipinski definition) is 2. The van der Waals surface area contributed by atoms with Crippen molar-refractivity contribution in [3.8, 4) is 5.69 Å². The van der Waals surface area contributed by atoms with Crippen molar-refractivity contribution in [1.82, 2.24) is 14.9 Å². The third-order valence-corrected chi connectivity index (χ3v) is 5.09. The number of nitrogens with one attached hydrogen (secondary N) is 1. The van der Waals surface area contributed by atoms with Gasteiger partial charge in [0.25, 0.3) is 0 Å². The van der Waals surface area contributed by atoms with Crippen molar-refractivity contribution in [3.05, 3.63) is 63.7 Å². The van der Waals surface area contributed by atoms with E-state index in [4.69, 9.17) is 0 Å². The second-order valence-corrected chi connectivity index (χ2v) is 7.05. The molecule has 0 aliphatic carbocycles. The average molecular weight is 418 g/mol. The maximum atomic E-state index is 14.9. The van der Waals surface area contributed by atoms with Crippen LogP contribution in [0.15, 0.2) is 35.3 Å². The first-order valence-corrected chi connectivity index (χ1v) is 9.20. The van der Waals surface area contributed by atoms with Crippen LogP contribution >= 0.6 is 0 Å². The molecule has 30 heavy (non-hydrogen) atoms. The SMILES string of the molecule is CC1CNCCN1c1nc2c(cc1F)c(=O)c(C(=O)O)cn2-c1ccc(F)cc1F. The lowest BCUT2D eigenvalue weighted by molar-refractivity contribution is 0.0695. The van der Waals surface area contributed by atoms with Gasteiger partial charge in [-0.3, -0.25) is 9.36 Å². The summed E-state index contributed by atoms with van der Waals surface area (Å²) in [6.45, 7) is 3.52. The fourth-order valence-electron chi connectivity index (χ4n) is 3.58. The fourth-order valence-corrected chi connectivity index (χ4v) is 3.58. The molecule has 1 fully saturated rings. The molecule has 1 saturated heterocycles. The number of carbonyl (C=O) groups is 1. The van der Waals surface area contributed by atoms with E-state index in [1.165, 1.54) is 0 Å². The summed E-state index contributed by atoms with van der Waals surface area (Å²) in [4.78, 5) is 30.1. The third-order valence-electron chi connectivity index (χ3n) is 5.09. The minimum atomic E-state index is -1.56. The van der Waals surface area contributed by atoms with Crippen molar-refractivity contribution in [2.75, 3.05) is 24.5 Å². The summed E-state index contributed by atoms with van der Waals surface area (Å²) in [5, 5.41) is 12.2. The molecule has 0 amide bonds. The van der Waals surface area contributed by atoms with E-state index in [0.29, 0.717) is 25.7 Å². The van der Waals surface area contributed by atoms with Crippen molar-refractivity contribution in [2.24, 2.45) is 0 Å². The van der Waals surface area contributed by atoms with Crippen molar-refractivity contribution in [3.63, 3.8) is 0 Å². The summed E-state index contributed by atoms with van der Waals surface area (Å²) in [7, 11) is 0. The summed E-state index contributed by atoms with van der Waals surface area (Å²) < 4.78 is 43.8. The van der Waals surface area contributed by atoms with E-state index < -0.39 is 34.4 Å². The smallest absolute Gasteiger partial charge is 0.341 e. The van der Waals surface area contributed by atoms with Crippen LogP contribution in [-0.2, 0) is 0 Å². The van der Waals surface area contributed by atoms with Crippen LogP contribution in [0.1, 0.15) is 17.3 Å². The maximum absolute atomic E-state index is 14.9. The van der Waals surface area contributed by atoms with E-state index in [1.54, 1.807) is 4.90 Å². The van der Waals surface area contributed by atoms with E-state index in [0.717, 1.165) is 29.0 Å². The molecule has 156 valence electrons. The van der Waals surface area contributed by atoms with E-state index in [9.17, 15) is 27.9 Å². The standard InChI is InChI=1S/C20H17F3N4O3/c1-10-8-24-4-5-26(10)19-15(23)7-12-17(28)13(20(29)30)9-27(18(12)25-19)16-3-2-11(21)6-14(16)22/h2-3,6-7,9-10,24H,4-5,8H2,1H3,(H,29,30). The van der Waals surface area contributed by atoms with Gasteiger partial charge in [0.05, 0.1) is 11.1 Å². The molecule has 10 heteroatoms. The van der Waals surface area contributed by atoms with Gasteiger partial charge in [-0.15, -0.1) is 0 Å². The average Bonchev–Trinajstić information content (AvgIpc) is 2.69. The Hall–Kier alpha value is -3.40. The summed E-state index contributed by atoms with van der Waals surface area (Å²) in [5.74, 6) is -4.19. The number of nitrogens with zero attached hydrogens (tertiary/aromatic N) is 3. The van der Waals surface area contributed by atoms with Gasteiger partial charge in [-0.25, -0.2) is 22.9 Å². The second-order valence-electron chi connectivity index (χ2n) is 7.05. The summed E-state index contributed by atoms with van der Waals surface area (Å²) in [6.07, 6.45) is 0.916. The summed E-state index contributed by atoms with van der Waals surface area (Å²) in [6, 6.07) is 3.53. The number of carboxylic acid groups (broad SMARTS) is 1. The van der Waals surface area contributed by atoms with Crippen LogP contribution in [0.2, 0.25) is 0 Å². The molecule has 0 bridgehead atoms. The molecule has 3 aromatic rings. The topological polar surface area (TPSA) is 87.5 Å². The number of benzene rings is 1. The van der Waals surface area contributed by atoms with Crippen LogP contribution in [0.5, 0.6) is 0 Å². The normalized spacial score (nSPS) is 16.8. The Morgan fingerprint density at radius 3 is 2.67 bits per heavy atom. The first kappa shape index (κ1) is 19.9. The van der Waals surface area contributed by atoms with Crippen LogP contribution in [0.4, 0.5) is 19.0 Å². The van der Waals surface area contributed by atoms with Gasteiger partial charge in [-0.1, -0.05) is 0 Å². The number of rotatable bonds is 3. The van der Waals surface area contributed by atoms with Gasteiger partial charge in [0.1, 0.15) is 17.2 Å². The largest absolute Gasteiger partial charge is 0.477 e. The van der Waals surface area contributed by atoms with Crippen LogP contribution in [0, 0.1) is 17.5 Å². The number of anilines is 1. The second kappa shape index (κ2) is 7.45. The molecule has 0 spiro atoms. The molecule has 3 heterocycles. The number of piperazine rings is 1. The van der Waals surface area contributed by atoms with Crippen LogP contribution in [0.25, 0.3) is 16.7 Å². The molecule has 1 aliphatic rings. The van der Waals surface area contributed by atoms with E-state index in [2.05, 4.69) is 10.3 Å². The minimum Gasteiger partial charge on any atom is -0.477 e. The van der Waals surface area contributed by atoms with Crippen LogP contribution < -0.4 is 15.6 Å². The monoisotopic (exact) mass is 418 g/mol. The first-order valence-electron chi connectivity index (χ1n) is 9.20. The predicted octanol–water partition coefficient (Wildman–Crippen LogP) is 2.30. The molecule has 1 unspecified atom stereocenters. The van der Waals surface area contributed by atoms with Gasteiger partial charge in [0.2, 0.25) is 5.43 Å². The molecule has 0 saturated carbocycles. The number of aromatic nitrogens is 2. The Kier molecular flexibility index (Phi) is 4.94. The van der Waals surface area contributed by atoms with Crippen molar-refractivity contribution in [1.29, 1.82) is 0 Å². The molecule has 1 atom stereocenters. The van der Waals surface area contributed by atoms with Crippen molar-refractivity contribution >= 4 is 22.8 Å². The molecule has 2 N–H and O–H groups in total. The summed E-state index contributed by atoms with van der Waals surface area (Å²) >= 11 is 0. The zero-order chi connectivity index (χ0) is 21.6. The Balaban J connectivity index is 2.05. The quantitative estimate of drug-likeness (QED) is 0.679. The summed E-state index contributed by atoms with van der Waals surface area (Å²) in [5.41, 5.74) is -1.97. The van der Waals surface area contributed by atoms with Gasteiger partial charge in [0.15, 0.2) is 17.3 Å². The minimum absolute atomic E-state index is 0.0322. The number of aromatic carboxylic acids is 1. The molecule has 2 aromatic heterocycles. The molecule has 1 aromatic carbocycles. The predicted molar refractivity (Wildman–Crippen MR) is 104 cm³/mol. The van der Waals surface area contributed by atoms with Gasteiger partial charge < -0.3 is 15.3 Å². The number of halogens is 3. The van der Waals surface area contributed by atoms with Gasteiger partial charge in [-0.05, 0) is 25.1 Å². The van der Waals surface area contributed by atoms with E-state index in [1.807, 2.05) is 6.92 Å². The highest BCUT2D eigenvalue weighted by molar-refractivity contribution is 5.92. The fraction of sp³-hybridized carbons (Fsp3) is 0.250. The van der Waals surface area contributed by atoms with Gasteiger partial charge >= 0.3 is 5.97 Å². The molecular weight excluding hydrogens is 401 g/mol. The molecule has 1 aliphatic heterocycles. The highest BCUT2D eigenvalue weighted by Crippen LogP contribution is 2.26. The maximum Gasteiger partial charge on any atom is 0.341 e. The van der Waals surface area contributed by atoms with Crippen molar-refractivity contribution in [2.45, 2.75) is 13.0 Å². The molecule has 4 rings (SSSR count). The molecule has 0 radical (unpaired) electrons. The van der Waals surface area contributed by atoms with Gasteiger partial charge in [0, 0.05) is 37.9 Å². The van der Waals surface area contributed by atoms with E-state index >= 15 is 0 Å². The highest BCUT2D eigenvalue weighted by Gasteiger charge is 2.25. The van der Waals surface area contributed by atoms with Crippen LogP contribution in [-0.4, -0.2) is 46.3 Å². The van der Waals surface area contributed by atoms with E-state index in [-0.39, 0.29) is 28.6 Å². The number of pyridine rings is 2. The van der Waals surface area contributed by atoms with Crippen molar-refractivity contribution < 1.29 is 23.1 Å². The third kappa shape index (κ3) is 3.28. The molecular formula is C20H17F3N4O3. The Labute approximate surface area is 168 Å². The lowest BCUT2D eigenvalue weighted by Gasteiger charge is -2.35.